The molecule has 2 heterocycles. The lowest BCUT2D eigenvalue weighted by atomic mass is 10.2. The third-order valence-corrected chi connectivity index (χ3v) is 5.04. The summed E-state index contributed by atoms with van der Waals surface area (Å²) in [5, 5.41) is 12.3. The van der Waals surface area contributed by atoms with Crippen LogP contribution >= 0.6 is 11.3 Å². The van der Waals surface area contributed by atoms with Crippen LogP contribution in [-0.4, -0.2) is 41.9 Å². The summed E-state index contributed by atoms with van der Waals surface area (Å²) in [5.74, 6) is 0.243. The summed E-state index contributed by atoms with van der Waals surface area (Å²) in [5.41, 5.74) is 2.34. The number of benzene rings is 1. The van der Waals surface area contributed by atoms with Crippen LogP contribution in [0.2, 0.25) is 0 Å². The number of carbonyl (C=O) groups excluding carboxylic acids is 2. The van der Waals surface area contributed by atoms with Crippen molar-refractivity contribution >= 4 is 40.3 Å². The van der Waals surface area contributed by atoms with Crippen LogP contribution in [0.5, 0.6) is 0 Å². The highest BCUT2D eigenvalue weighted by Crippen LogP contribution is 2.31. The average Bonchev–Trinajstić information content (AvgIpc) is 3.17. The number of anilines is 3. The quantitative estimate of drug-likeness (QED) is 0.455. The normalized spacial score (nSPS) is 10.3. The maximum atomic E-state index is 12.1. The molecule has 0 saturated carbocycles. The zero-order chi connectivity index (χ0) is 20.6. The molecule has 0 aliphatic rings. The van der Waals surface area contributed by atoms with Crippen molar-refractivity contribution in [3.63, 3.8) is 0 Å². The van der Waals surface area contributed by atoms with Gasteiger partial charge in [-0.1, -0.05) is 0 Å². The lowest BCUT2D eigenvalue weighted by molar-refractivity contribution is -0.114. The number of thiazole rings is 1. The van der Waals surface area contributed by atoms with Crippen LogP contribution in [0, 0.1) is 0 Å². The highest BCUT2D eigenvalue weighted by molar-refractivity contribution is 7.17. The second kappa shape index (κ2) is 9.65. The van der Waals surface area contributed by atoms with Crippen molar-refractivity contribution in [1.82, 2.24) is 15.3 Å². The molecule has 8 nitrogen and oxygen atoms in total. The van der Waals surface area contributed by atoms with Crippen molar-refractivity contribution < 1.29 is 9.59 Å². The third kappa shape index (κ3) is 5.29. The van der Waals surface area contributed by atoms with Gasteiger partial charge in [0.05, 0.1) is 12.2 Å². The van der Waals surface area contributed by atoms with Gasteiger partial charge in [-0.3, -0.25) is 14.6 Å². The van der Waals surface area contributed by atoms with Gasteiger partial charge in [0.2, 0.25) is 5.91 Å². The van der Waals surface area contributed by atoms with Crippen LogP contribution in [0.15, 0.2) is 48.8 Å². The Bertz CT molecular complexity index is 972. The highest BCUT2D eigenvalue weighted by atomic mass is 32.1. The third-order valence-electron chi connectivity index (χ3n) is 3.93. The maximum Gasteiger partial charge on any atom is 0.264 e. The van der Waals surface area contributed by atoms with E-state index in [2.05, 4.69) is 31.2 Å². The molecule has 29 heavy (non-hydrogen) atoms. The smallest absolute Gasteiger partial charge is 0.264 e. The van der Waals surface area contributed by atoms with Gasteiger partial charge < -0.3 is 21.3 Å². The maximum absolute atomic E-state index is 12.1. The standard InChI is InChI=1S/C20H22N6O2S/c1-3-23-18-17(19(28)21-2)29-20(26-18)13-6-8-14(9-7-13)25-16(27)12-24-15-5-4-10-22-11-15/h4-11,23-24H,3,12H2,1-2H3,(H,21,28)(H,25,27). The summed E-state index contributed by atoms with van der Waals surface area (Å²) in [7, 11) is 1.60. The van der Waals surface area contributed by atoms with Crippen molar-refractivity contribution in [3.8, 4) is 10.6 Å². The Morgan fingerprint density at radius 2 is 1.86 bits per heavy atom. The molecule has 0 aliphatic carbocycles. The molecule has 4 N–H and O–H groups in total. The summed E-state index contributed by atoms with van der Waals surface area (Å²) in [6.45, 7) is 2.76. The van der Waals surface area contributed by atoms with E-state index in [4.69, 9.17) is 0 Å². The van der Waals surface area contributed by atoms with Crippen molar-refractivity contribution in [2.45, 2.75) is 6.92 Å². The summed E-state index contributed by atoms with van der Waals surface area (Å²) in [6.07, 6.45) is 3.33. The van der Waals surface area contributed by atoms with Crippen LogP contribution in [0.25, 0.3) is 10.6 Å². The average molecular weight is 411 g/mol. The van der Waals surface area contributed by atoms with E-state index in [1.807, 2.05) is 37.3 Å². The molecule has 3 aromatic rings. The number of carbonyl (C=O) groups is 2. The lowest BCUT2D eigenvalue weighted by Crippen LogP contribution is -2.21. The first-order valence-corrected chi connectivity index (χ1v) is 9.93. The molecule has 0 unspecified atom stereocenters. The highest BCUT2D eigenvalue weighted by Gasteiger charge is 2.17. The van der Waals surface area contributed by atoms with E-state index in [0.29, 0.717) is 22.9 Å². The van der Waals surface area contributed by atoms with Gasteiger partial charge in [-0.05, 0) is 43.3 Å². The predicted molar refractivity (Wildman–Crippen MR) is 116 cm³/mol. The van der Waals surface area contributed by atoms with E-state index in [-0.39, 0.29) is 18.4 Å². The Balaban J connectivity index is 1.65. The molecule has 0 radical (unpaired) electrons. The minimum absolute atomic E-state index is 0.140. The van der Waals surface area contributed by atoms with Crippen molar-refractivity contribution in [1.29, 1.82) is 0 Å². The lowest BCUT2D eigenvalue weighted by Gasteiger charge is -2.08. The largest absolute Gasteiger partial charge is 0.375 e. The van der Waals surface area contributed by atoms with E-state index in [1.165, 1.54) is 11.3 Å². The molecule has 150 valence electrons. The molecular formula is C20H22N6O2S. The molecule has 0 bridgehead atoms. The van der Waals surface area contributed by atoms with Gasteiger partial charge in [0.25, 0.3) is 5.91 Å². The monoisotopic (exact) mass is 410 g/mol. The van der Waals surface area contributed by atoms with Crippen molar-refractivity contribution in [2.24, 2.45) is 0 Å². The van der Waals surface area contributed by atoms with Gasteiger partial charge in [0.15, 0.2) is 5.82 Å². The number of hydrogen-bond donors (Lipinski definition) is 4. The molecule has 0 spiro atoms. The van der Waals surface area contributed by atoms with Gasteiger partial charge in [0.1, 0.15) is 9.88 Å². The Morgan fingerprint density at radius 1 is 1.07 bits per heavy atom. The van der Waals surface area contributed by atoms with Crippen LogP contribution in [0.4, 0.5) is 17.2 Å². The number of pyridine rings is 1. The fraction of sp³-hybridized carbons (Fsp3) is 0.200. The van der Waals surface area contributed by atoms with Gasteiger partial charge in [0, 0.05) is 37.2 Å². The number of amides is 2. The Morgan fingerprint density at radius 3 is 2.52 bits per heavy atom. The van der Waals surface area contributed by atoms with Gasteiger partial charge in [-0.2, -0.15) is 0 Å². The fourth-order valence-electron chi connectivity index (χ4n) is 2.55. The van der Waals surface area contributed by atoms with Crippen LogP contribution in [-0.2, 0) is 4.79 Å². The van der Waals surface area contributed by atoms with Crippen LogP contribution < -0.4 is 21.3 Å². The molecule has 0 aliphatic heterocycles. The number of nitrogens with one attached hydrogen (secondary N) is 4. The molecule has 1 aromatic carbocycles. The molecule has 0 fully saturated rings. The van der Waals surface area contributed by atoms with Gasteiger partial charge in [-0.15, -0.1) is 11.3 Å². The zero-order valence-electron chi connectivity index (χ0n) is 16.2. The molecule has 0 saturated heterocycles. The summed E-state index contributed by atoms with van der Waals surface area (Å²) >= 11 is 1.32. The van der Waals surface area contributed by atoms with E-state index in [0.717, 1.165) is 16.3 Å². The van der Waals surface area contributed by atoms with Crippen molar-refractivity contribution in [2.75, 3.05) is 36.1 Å². The van der Waals surface area contributed by atoms with E-state index in [9.17, 15) is 9.59 Å². The summed E-state index contributed by atoms with van der Waals surface area (Å²) in [6, 6.07) is 11.0. The molecule has 0 atom stereocenters. The number of rotatable bonds is 8. The Kier molecular flexibility index (Phi) is 6.75. The van der Waals surface area contributed by atoms with Gasteiger partial charge in [-0.25, -0.2) is 4.98 Å². The summed E-state index contributed by atoms with van der Waals surface area (Å²) < 4.78 is 0. The molecule has 3 rings (SSSR count). The Hall–Kier alpha value is -3.46. The first kappa shape index (κ1) is 20.3. The predicted octanol–water partition coefficient (Wildman–Crippen LogP) is 3.05. The minimum atomic E-state index is -0.172. The molecular weight excluding hydrogens is 388 g/mol. The SMILES string of the molecule is CCNc1nc(-c2ccc(NC(=O)CNc3cccnc3)cc2)sc1C(=O)NC. The van der Waals surface area contributed by atoms with E-state index in [1.54, 1.807) is 25.5 Å². The molecule has 9 heteroatoms. The first-order valence-electron chi connectivity index (χ1n) is 9.11. The topological polar surface area (TPSA) is 108 Å². The summed E-state index contributed by atoms with van der Waals surface area (Å²) in [4.78, 5) is 33.2. The Labute approximate surface area is 172 Å². The number of aromatic nitrogens is 2. The second-order valence-electron chi connectivity index (χ2n) is 6.03. The zero-order valence-corrected chi connectivity index (χ0v) is 17.0. The number of nitrogens with zero attached hydrogens (tertiary/aromatic N) is 2. The van der Waals surface area contributed by atoms with E-state index >= 15 is 0 Å². The minimum Gasteiger partial charge on any atom is -0.375 e. The van der Waals surface area contributed by atoms with E-state index < -0.39 is 0 Å². The van der Waals surface area contributed by atoms with Crippen LogP contribution in [0.3, 0.4) is 0 Å². The van der Waals surface area contributed by atoms with Gasteiger partial charge >= 0.3 is 0 Å². The molecule has 2 amide bonds. The molecule has 2 aromatic heterocycles. The van der Waals surface area contributed by atoms with Crippen molar-refractivity contribution in [3.05, 3.63) is 53.7 Å². The first-order chi connectivity index (χ1) is 14.1. The second-order valence-corrected chi connectivity index (χ2v) is 7.03. The fourth-order valence-corrected chi connectivity index (χ4v) is 3.54. The van der Waals surface area contributed by atoms with Crippen LogP contribution in [0.1, 0.15) is 16.6 Å². The number of hydrogen-bond acceptors (Lipinski definition) is 7.